The molecule has 3 aromatic rings. The van der Waals surface area contributed by atoms with E-state index in [1.54, 1.807) is 18.5 Å². The van der Waals surface area contributed by atoms with Crippen LogP contribution in [0.3, 0.4) is 0 Å². The van der Waals surface area contributed by atoms with Crippen LogP contribution in [0.15, 0.2) is 42.7 Å². The first-order chi connectivity index (χ1) is 10.2. The van der Waals surface area contributed by atoms with Crippen molar-refractivity contribution in [2.24, 2.45) is 0 Å². The molecule has 0 aliphatic rings. The number of hydrogen-bond acceptors (Lipinski definition) is 3. The molecule has 0 radical (unpaired) electrons. The molecule has 0 spiro atoms. The second kappa shape index (κ2) is 5.36. The Morgan fingerprint density at radius 2 is 1.86 bits per heavy atom. The van der Waals surface area contributed by atoms with E-state index in [4.69, 9.17) is 4.74 Å². The molecule has 0 saturated heterocycles. The Balaban J connectivity index is 2.19. The summed E-state index contributed by atoms with van der Waals surface area (Å²) in [6.07, 6.45) is 3.44. The molecule has 0 aliphatic carbocycles. The molecule has 0 amide bonds. The first kappa shape index (κ1) is 13.3. The average Bonchev–Trinajstić information content (AvgIpc) is 2.89. The smallest absolute Gasteiger partial charge is 0.127 e. The van der Waals surface area contributed by atoms with Gasteiger partial charge in [0.2, 0.25) is 0 Å². The molecule has 5 heteroatoms. The second-order valence-corrected chi connectivity index (χ2v) is 4.69. The third kappa shape index (κ3) is 2.50. The summed E-state index contributed by atoms with van der Waals surface area (Å²) in [5.41, 5.74) is 4.19. The Morgan fingerprint density at radius 3 is 2.57 bits per heavy atom. The van der Waals surface area contributed by atoms with E-state index in [9.17, 15) is 4.39 Å². The lowest BCUT2D eigenvalue weighted by Crippen LogP contribution is -1.89. The molecule has 2 heterocycles. The molecule has 0 unspecified atom stereocenters. The number of halogens is 1. The minimum absolute atomic E-state index is 0.356. The van der Waals surface area contributed by atoms with Gasteiger partial charge in [-0.15, -0.1) is 0 Å². The summed E-state index contributed by atoms with van der Waals surface area (Å²) >= 11 is 0. The minimum atomic E-state index is -0.356. The van der Waals surface area contributed by atoms with Gasteiger partial charge in [-0.05, 0) is 36.8 Å². The summed E-state index contributed by atoms with van der Waals surface area (Å²) in [5, 5.41) is 7.27. The first-order valence-corrected chi connectivity index (χ1v) is 6.49. The van der Waals surface area contributed by atoms with Gasteiger partial charge in [-0.25, -0.2) is 4.39 Å². The van der Waals surface area contributed by atoms with E-state index in [1.165, 1.54) is 19.2 Å². The standard InChI is InChI=1S/C16H14FN3O/c1-10-15(11-3-5-18-6-4-11)16(20-19-10)12-7-13(17)9-14(8-12)21-2/h3-9H,1-2H3,(H,19,20). The third-order valence-corrected chi connectivity index (χ3v) is 3.30. The zero-order valence-electron chi connectivity index (χ0n) is 11.7. The van der Waals surface area contributed by atoms with Crippen molar-refractivity contribution in [1.29, 1.82) is 0 Å². The molecule has 3 rings (SSSR count). The van der Waals surface area contributed by atoms with E-state index >= 15 is 0 Å². The van der Waals surface area contributed by atoms with Crippen LogP contribution >= 0.6 is 0 Å². The highest BCUT2D eigenvalue weighted by molar-refractivity contribution is 5.82. The lowest BCUT2D eigenvalue weighted by Gasteiger charge is -2.06. The highest BCUT2D eigenvalue weighted by Crippen LogP contribution is 2.34. The average molecular weight is 283 g/mol. The predicted molar refractivity (Wildman–Crippen MR) is 78.5 cm³/mol. The Labute approximate surface area is 121 Å². The summed E-state index contributed by atoms with van der Waals surface area (Å²) in [4.78, 5) is 4.02. The van der Waals surface area contributed by atoms with E-state index in [0.717, 1.165) is 16.8 Å². The Hall–Kier alpha value is -2.69. The van der Waals surface area contributed by atoms with Crippen LogP contribution in [-0.4, -0.2) is 22.3 Å². The maximum absolute atomic E-state index is 13.7. The number of aromatic nitrogens is 3. The second-order valence-electron chi connectivity index (χ2n) is 4.69. The summed E-state index contributed by atoms with van der Waals surface area (Å²) in [5.74, 6) is 0.108. The van der Waals surface area contributed by atoms with Gasteiger partial charge >= 0.3 is 0 Å². The van der Waals surface area contributed by atoms with Gasteiger partial charge in [0.25, 0.3) is 0 Å². The fraction of sp³-hybridized carbons (Fsp3) is 0.125. The quantitative estimate of drug-likeness (QED) is 0.799. The van der Waals surface area contributed by atoms with Gasteiger partial charge in [0.1, 0.15) is 17.3 Å². The number of nitrogens with zero attached hydrogens (tertiary/aromatic N) is 2. The topological polar surface area (TPSA) is 50.8 Å². The third-order valence-electron chi connectivity index (χ3n) is 3.30. The maximum atomic E-state index is 13.7. The van der Waals surface area contributed by atoms with E-state index < -0.39 is 0 Å². The number of H-pyrrole nitrogens is 1. The molecule has 21 heavy (non-hydrogen) atoms. The van der Waals surface area contributed by atoms with Gasteiger partial charge < -0.3 is 4.74 Å². The van der Waals surface area contributed by atoms with E-state index in [-0.39, 0.29) is 5.82 Å². The zero-order valence-corrected chi connectivity index (χ0v) is 11.7. The fourth-order valence-corrected chi connectivity index (χ4v) is 2.33. The molecule has 0 bridgehead atoms. The van der Waals surface area contributed by atoms with Crippen LogP contribution in [0.4, 0.5) is 4.39 Å². The number of nitrogens with one attached hydrogen (secondary N) is 1. The molecular weight excluding hydrogens is 269 g/mol. The van der Waals surface area contributed by atoms with Gasteiger partial charge in [0, 0.05) is 35.3 Å². The predicted octanol–water partition coefficient (Wildman–Crippen LogP) is 3.59. The van der Waals surface area contributed by atoms with Crippen molar-refractivity contribution in [3.8, 4) is 28.1 Å². The Kier molecular flexibility index (Phi) is 3.39. The number of aromatic amines is 1. The van der Waals surface area contributed by atoms with E-state index in [2.05, 4.69) is 15.2 Å². The number of ether oxygens (including phenoxy) is 1. The molecule has 0 aliphatic heterocycles. The molecule has 1 aromatic carbocycles. The lowest BCUT2D eigenvalue weighted by molar-refractivity contribution is 0.411. The number of hydrogen-bond donors (Lipinski definition) is 1. The number of pyridine rings is 1. The van der Waals surface area contributed by atoms with Crippen LogP contribution in [0.5, 0.6) is 5.75 Å². The summed E-state index contributed by atoms with van der Waals surface area (Å²) in [7, 11) is 1.51. The molecule has 2 aromatic heterocycles. The maximum Gasteiger partial charge on any atom is 0.127 e. The van der Waals surface area contributed by atoms with E-state index in [0.29, 0.717) is 17.0 Å². The van der Waals surface area contributed by atoms with E-state index in [1.807, 2.05) is 19.1 Å². The number of aryl methyl sites for hydroxylation is 1. The zero-order chi connectivity index (χ0) is 14.8. The monoisotopic (exact) mass is 283 g/mol. The van der Waals surface area contributed by atoms with Crippen LogP contribution in [0.25, 0.3) is 22.4 Å². The molecule has 0 saturated carbocycles. The molecule has 0 atom stereocenters. The SMILES string of the molecule is COc1cc(F)cc(-c2n[nH]c(C)c2-c2ccncc2)c1. The van der Waals surface area contributed by atoms with Crippen LogP contribution in [0.1, 0.15) is 5.69 Å². The Morgan fingerprint density at radius 1 is 1.10 bits per heavy atom. The van der Waals surface area contributed by atoms with Gasteiger partial charge in [0.15, 0.2) is 0 Å². The Bertz CT molecular complexity index is 768. The lowest BCUT2D eigenvalue weighted by atomic mass is 10.00. The van der Waals surface area contributed by atoms with Crippen molar-refractivity contribution in [3.05, 3.63) is 54.2 Å². The van der Waals surface area contributed by atoms with Crippen molar-refractivity contribution < 1.29 is 9.13 Å². The summed E-state index contributed by atoms with van der Waals surface area (Å²) < 4.78 is 18.8. The summed E-state index contributed by atoms with van der Waals surface area (Å²) in [6, 6.07) is 8.36. The molecule has 0 fully saturated rings. The highest BCUT2D eigenvalue weighted by Gasteiger charge is 2.15. The van der Waals surface area contributed by atoms with Gasteiger partial charge in [-0.3, -0.25) is 10.1 Å². The van der Waals surface area contributed by atoms with Crippen molar-refractivity contribution in [2.75, 3.05) is 7.11 Å². The van der Waals surface area contributed by atoms with Crippen molar-refractivity contribution in [1.82, 2.24) is 15.2 Å². The van der Waals surface area contributed by atoms with Gasteiger partial charge in [-0.1, -0.05) is 0 Å². The van der Waals surface area contributed by atoms with Crippen LogP contribution in [-0.2, 0) is 0 Å². The fourth-order valence-electron chi connectivity index (χ4n) is 2.33. The van der Waals surface area contributed by atoms with Crippen molar-refractivity contribution in [2.45, 2.75) is 6.92 Å². The van der Waals surface area contributed by atoms with Crippen molar-refractivity contribution in [3.63, 3.8) is 0 Å². The summed E-state index contributed by atoms with van der Waals surface area (Å²) in [6.45, 7) is 1.93. The molecular formula is C16H14FN3O. The van der Waals surface area contributed by atoms with Crippen LogP contribution in [0.2, 0.25) is 0 Å². The van der Waals surface area contributed by atoms with Crippen LogP contribution < -0.4 is 4.74 Å². The van der Waals surface area contributed by atoms with Gasteiger partial charge in [0.05, 0.1) is 7.11 Å². The first-order valence-electron chi connectivity index (χ1n) is 6.49. The number of rotatable bonds is 3. The minimum Gasteiger partial charge on any atom is -0.497 e. The van der Waals surface area contributed by atoms with Crippen molar-refractivity contribution >= 4 is 0 Å². The largest absolute Gasteiger partial charge is 0.497 e. The number of methoxy groups -OCH3 is 1. The molecule has 1 N–H and O–H groups in total. The van der Waals surface area contributed by atoms with Crippen LogP contribution in [0, 0.1) is 12.7 Å². The highest BCUT2D eigenvalue weighted by atomic mass is 19.1. The molecule has 4 nitrogen and oxygen atoms in total. The number of benzene rings is 1. The normalized spacial score (nSPS) is 10.6. The van der Waals surface area contributed by atoms with Gasteiger partial charge in [-0.2, -0.15) is 5.10 Å². The molecule has 106 valence electrons.